The number of hydrogen-bond acceptors (Lipinski definition) is 12. The Morgan fingerprint density at radius 1 is 1.07 bits per heavy atom. The number of nitrogens with zero attached hydrogens (tertiary/aromatic N) is 1. The van der Waals surface area contributed by atoms with Crippen LogP contribution in [0.25, 0.3) is 6.08 Å². The van der Waals surface area contributed by atoms with Gasteiger partial charge in [0.25, 0.3) is 0 Å². The number of nitrogens with one attached hydrogen (secondary N) is 1. The van der Waals surface area contributed by atoms with E-state index in [1.54, 1.807) is 24.3 Å². The van der Waals surface area contributed by atoms with Crippen molar-refractivity contribution in [3.63, 3.8) is 0 Å². The maximum atomic E-state index is 14.9. The maximum Gasteiger partial charge on any atom is 0.247 e. The molecule has 45 heavy (non-hydrogen) atoms. The third-order valence-corrected chi connectivity index (χ3v) is 8.02. The third-order valence-electron chi connectivity index (χ3n) is 7.79. The number of aliphatic hydroxyl groups is 4. The van der Waals surface area contributed by atoms with Crippen LogP contribution in [0.2, 0.25) is 5.02 Å². The van der Waals surface area contributed by atoms with Crippen molar-refractivity contribution in [3.05, 3.63) is 64.2 Å². The Kier molecular flexibility index (Phi) is 10.3. The molecule has 2 aliphatic heterocycles. The zero-order valence-corrected chi connectivity index (χ0v) is 25.0. The van der Waals surface area contributed by atoms with Crippen LogP contribution in [0.4, 0.5) is 4.39 Å². The van der Waals surface area contributed by atoms with Crippen LogP contribution in [0.3, 0.4) is 0 Å². The molecule has 0 spiro atoms. The van der Waals surface area contributed by atoms with Gasteiger partial charge in [-0.3, -0.25) is 4.79 Å². The van der Waals surface area contributed by atoms with Gasteiger partial charge in [0.1, 0.15) is 56.1 Å². The van der Waals surface area contributed by atoms with E-state index < -0.39 is 72.9 Å². The summed E-state index contributed by atoms with van der Waals surface area (Å²) < 4.78 is 36.5. The van der Waals surface area contributed by atoms with E-state index >= 15 is 0 Å². The lowest BCUT2D eigenvalue weighted by molar-refractivity contribution is -0.155. The van der Waals surface area contributed by atoms with Gasteiger partial charge in [-0.25, -0.2) is 4.39 Å². The molecule has 0 bridgehead atoms. The number of carbonyl (C=O) groups is 1. The number of hydrogen-bond donors (Lipinski definition) is 6. The van der Waals surface area contributed by atoms with Gasteiger partial charge in [0, 0.05) is 10.6 Å². The summed E-state index contributed by atoms with van der Waals surface area (Å²) in [6.07, 6.45) is -11.0. The van der Waals surface area contributed by atoms with Gasteiger partial charge in [-0.15, -0.1) is 0 Å². The smallest absolute Gasteiger partial charge is 0.247 e. The highest BCUT2D eigenvalue weighted by Crippen LogP contribution is 2.34. The number of carbonyl (C=O) groups excluding carboxylic acids is 1. The van der Waals surface area contributed by atoms with Crippen LogP contribution in [-0.4, -0.2) is 105 Å². The number of ether oxygens (including phenoxy) is 4. The molecule has 3 fully saturated rings. The highest BCUT2D eigenvalue weighted by atomic mass is 35.5. The van der Waals surface area contributed by atoms with Gasteiger partial charge in [0.05, 0.1) is 11.8 Å². The molecule has 2 saturated heterocycles. The first kappa shape index (κ1) is 33.0. The summed E-state index contributed by atoms with van der Waals surface area (Å²) in [5.74, 6) is -1.19. The second-order valence-electron chi connectivity index (χ2n) is 11.0. The second kappa shape index (κ2) is 14.0. The second-order valence-corrected chi connectivity index (χ2v) is 11.5. The molecule has 0 unspecified atom stereocenters. The fourth-order valence-corrected chi connectivity index (χ4v) is 5.55. The Morgan fingerprint density at radius 2 is 1.80 bits per heavy atom. The van der Waals surface area contributed by atoms with Crippen molar-refractivity contribution in [1.82, 2.24) is 5.32 Å². The zero-order valence-electron chi connectivity index (χ0n) is 24.2. The SMILES string of the molecule is CC(=Cc1ccc(O[C@@H]2O[C@H](C(C)=NOCc3cccc(Cl)c3)[C@@H](O)[C@H]2F)c(O)c1)C(=O)N[C@@H]1[C@H](O)[C@@H](O)[C@H]2OCO[C@H]2[C@@H]1O. The van der Waals surface area contributed by atoms with Gasteiger partial charge in [0.2, 0.25) is 12.2 Å². The normalized spacial score (nSPS) is 33.5. The molecule has 3 aliphatic rings. The molecule has 2 aromatic rings. The van der Waals surface area contributed by atoms with Gasteiger partial charge >= 0.3 is 0 Å². The number of alkyl halides is 1. The number of halogens is 2. The topological polar surface area (TPSA) is 189 Å². The molecule has 15 heteroatoms. The molecule has 6 N–H and O–H groups in total. The van der Waals surface area contributed by atoms with Crippen LogP contribution in [0.15, 0.2) is 53.2 Å². The fraction of sp³-hybridized carbons (Fsp3) is 0.467. The summed E-state index contributed by atoms with van der Waals surface area (Å²) >= 11 is 5.96. The van der Waals surface area contributed by atoms with Crippen LogP contribution >= 0.6 is 11.6 Å². The maximum absolute atomic E-state index is 14.9. The fourth-order valence-electron chi connectivity index (χ4n) is 5.34. The predicted molar refractivity (Wildman–Crippen MR) is 156 cm³/mol. The molecule has 244 valence electrons. The molecule has 10 atom stereocenters. The molecule has 1 aliphatic carbocycles. The number of phenols is 1. The minimum Gasteiger partial charge on any atom is -0.504 e. The number of aliphatic hydroxyl groups excluding tert-OH is 4. The third kappa shape index (κ3) is 7.23. The number of benzene rings is 2. The Hall–Kier alpha value is -3.34. The summed E-state index contributed by atoms with van der Waals surface area (Å²) in [5, 5.41) is 59.2. The van der Waals surface area contributed by atoms with Gasteiger partial charge in [0.15, 0.2) is 17.7 Å². The van der Waals surface area contributed by atoms with E-state index in [-0.39, 0.29) is 30.4 Å². The van der Waals surface area contributed by atoms with Crippen molar-refractivity contribution in [2.24, 2.45) is 5.16 Å². The monoisotopic (exact) mass is 652 g/mol. The summed E-state index contributed by atoms with van der Waals surface area (Å²) in [4.78, 5) is 18.1. The van der Waals surface area contributed by atoms with E-state index in [4.69, 9.17) is 35.4 Å². The first-order valence-electron chi connectivity index (χ1n) is 14.1. The van der Waals surface area contributed by atoms with Crippen molar-refractivity contribution < 1.29 is 58.5 Å². The molecule has 13 nitrogen and oxygen atoms in total. The lowest BCUT2D eigenvalue weighted by Gasteiger charge is -2.41. The molecular formula is C30H34ClFN2O11. The number of rotatable bonds is 9. The standard InChI is InChI=1S/C30H34ClFN2O11/c1-13(29(40)33-21-23(37)25(39)28-27(24(21)38)41-12-42-28)8-15-6-7-19(18(35)10-15)44-30-20(32)22(36)26(45-30)14(2)34-43-11-16-4-3-5-17(31)9-16/h3-10,20-28,30,35-39H,11-12H2,1-2H3,(H,33,40)/t20-,21-,22+,23+,24-,25-,26-,27+,28-,30-/m1/s1. The van der Waals surface area contributed by atoms with E-state index in [2.05, 4.69) is 10.5 Å². The average molecular weight is 653 g/mol. The summed E-state index contributed by atoms with van der Waals surface area (Å²) in [6, 6.07) is 9.82. The summed E-state index contributed by atoms with van der Waals surface area (Å²) in [7, 11) is 0. The van der Waals surface area contributed by atoms with Gasteiger partial charge in [-0.05, 0) is 55.3 Å². The van der Waals surface area contributed by atoms with Crippen LogP contribution in [0.5, 0.6) is 11.5 Å². The Bertz CT molecular complexity index is 1440. The molecule has 0 aromatic heterocycles. The Labute approximate surface area is 262 Å². The highest BCUT2D eigenvalue weighted by molar-refractivity contribution is 6.30. The molecular weight excluding hydrogens is 619 g/mol. The zero-order chi connectivity index (χ0) is 32.4. The lowest BCUT2D eigenvalue weighted by Crippen LogP contribution is -2.67. The van der Waals surface area contributed by atoms with Gasteiger partial charge in [-0.1, -0.05) is 35.0 Å². The molecule has 0 radical (unpaired) electrons. The average Bonchev–Trinajstić information content (AvgIpc) is 3.61. The van der Waals surface area contributed by atoms with Crippen LogP contribution in [0, 0.1) is 0 Å². The van der Waals surface area contributed by atoms with E-state index in [1.807, 2.05) is 0 Å². The van der Waals surface area contributed by atoms with Crippen molar-refractivity contribution >= 4 is 29.3 Å². The van der Waals surface area contributed by atoms with Crippen molar-refractivity contribution in [1.29, 1.82) is 0 Å². The minimum atomic E-state index is -1.97. The van der Waals surface area contributed by atoms with Gasteiger partial charge in [-0.2, -0.15) is 0 Å². The largest absolute Gasteiger partial charge is 0.504 e. The molecule has 2 heterocycles. The van der Waals surface area contributed by atoms with Crippen molar-refractivity contribution in [2.75, 3.05) is 6.79 Å². The minimum absolute atomic E-state index is 0.0917. The molecule has 2 aromatic carbocycles. The highest BCUT2D eigenvalue weighted by Gasteiger charge is 2.53. The number of aromatic hydroxyl groups is 1. The summed E-state index contributed by atoms with van der Waals surface area (Å²) in [6.45, 7) is 2.91. The van der Waals surface area contributed by atoms with Crippen LogP contribution in [0.1, 0.15) is 25.0 Å². The summed E-state index contributed by atoms with van der Waals surface area (Å²) in [5.41, 5.74) is 1.44. The first-order chi connectivity index (χ1) is 21.4. The van der Waals surface area contributed by atoms with Crippen LogP contribution in [-0.2, 0) is 30.4 Å². The van der Waals surface area contributed by atoms with E-state index in [9.17, 15) is 34.7 Å². The quantitative estimate of drug-likeness (QED) is 0.130. The Balaban J connectivity index is 1.18. The molecule has 1 saturated carbocycles. The Morgan fingerprint density at radius 3 is 2.51 bits per heavy atom. The lowest BCUT2D eigenvalue weighted by atomic mass is 9.83. The van der Waals surface area contributed by atoms with Gasteiger partial charge < -0.3 is 54.6 Å². The number of phenolic OH excluding ortho intramolecular Hbond substituents is 1. The van der Waals surface area contributed by atoms with Crippen LogP contribution < -0.4 is 10.1 Å². The number of oxime groups is 1. The van der Waals surface area contributed by atoms with E-state index in [0.29, 0.717) is 10.6 Å². The molecule has 5 rings (SSSR count). The predicted octanol–water partition coefficient (Wildman–Crippen LogP) is 1.17. The van der Waals surface area contributed by atoms with Crippen molar-refractivity contribution in [3.8, 4) is 11.5 Å². The van der Waals surface area contributed by atoms with E-state index in [1.165, 1.54) is 38.1 Å². The number of amides is 1. The molecule has 1 amide bonds. The first-order valence-corrected chi connectivity index (χ1v) is 14.5. The van der Waals surface area contributed by atoms with E-state index in [0.717, 1.165) is 5.56 Å². The number of fused-ring (bicyclic) bond motifs is 1. The van der Waals surface area contributed by atoms with Crippen molar-refractivity contribution in [2.45, 2.75) is 81.7 Å².